The molecule has 1 aliphatic carbocycles. The fraction of sp³-hybridized carbons (Fsp3) is 0.440. The number of aromatic nitrogens is 3. The summed E-state index contributed by atoms with van der Waals surface area (Å²) in [5.74, 6) is -4.47. The van der Waals surface area contributed by atoms with Crippen molar-refractivity contribution in [2.75, 3.05) is 19.6 Å². The normalized spacial score (nSPS) is 19.1. The Hall–Kier alpha value is -2.92. The van der Waals surface area contributed by atoms with Gasteiger partial charge in [-0.25, -0.2) is 32.5 Å². The average molecular weight is 522 g/mol. The van der Waals surface area contributed by atoms with Crippen molar-refractivity contribution in [3.05, 3.63) is 69.7 Å². The lowest BCUT2D eigenvalue weighted by molar-refractivity contribution is -0.117. The van der Waals surface area contributed by atoms with Crippen LogP contribution in [0.3, 0.4) is 0 Å². The number of nitrogens with zero attached hydrogens (tertiary/aromatic N) is 4. The molecule has 36 heavy (non-hydrogen) atoms. The summed E-state index contributed by atoms with van der Waals surface area (Å²) in [6.07, 6.45) is 9.34. The number of nitrogens with one attached hydrogen (secondary N) is 1. The lowest BCUT2D eigenvalue weighted by atomic mass is 10.0. The molecule has 1 fully saturated rings. The van der Waals surface area contributed by atoms with Crippen molar-refractivity contribution in [2.24, 2.45) is 0 Å². The molecule has 1 N–H and O–H groups in total. The summed E-state index contributed by atoms with van der Waals surface area (Å²) >= 11 is 1.50. The highest BCUT2D eigenvalue weighted by molar-refractivity contribution is 7.11. The molecule has 6 nitrogen and oxygen atoms in total. The van der Waals surface area contributed by atoms with E-state index in [0.717, 1.165) is 35.1 Å². The summed E-state index contributed by atoms with van der Waals surface area (Å²) in [4.78, 5) is 28.2. The van der Waals surface area contributed by atoms with E-state index >= 15 is 0 Å². The number of hydrogen-bond donors (Lipinski definition) is 1. The zero-order valence-corrected chi connectivity index (χ0v) is 20.6. The van der Waals surface area contributed by atoms with E-state index in [4.69, 9.17) is 0 Å². The van der Waals surface area contributed by atoms with Gasteiger partial charge in [-0.2, -0.15) is 0 Å². The number of likely N-dealkylation sites (tertiary alicyclic amines) is 1. The number of carbonyl (C=O) groups excluding carboxylic acids is 1. The first-order chi connectivity index (χ1) is 17.3. The highest BCUT2D eigenvalue weighted by atomic mass is 32.1. The van der Waals surface area contributed by atoms with Gasteiger partial charge in [0.1, 0.15) is 5.83 Å². The van der Waals surface area contributed by atoms with Crippen molar-refractivity contribution in [1.82, 2.24) is 25.2 Å². The van der Waals surface area contributed by atoms with Gasteiger partial charge in [0.15, 0.2) is 11.6 Å². The van der Waals surface area contributed by atoms with Crippen LogP contribution >= 0.6 is 11.3 Å². The van der Waals surface area contributed by atoms with Crippen LogP contribution < -0.4 is 5.32 Å². The number of rotatable bonds is 8. The van der Waals surface area contributed by atoms with Gasteiger partial charge in [0, 0.05) is 49.1 Å². The maximum Gasteiger partial charge on any atom is 0.254 e. The Kier molecular flexibility index (Phi) is 8.30. The quantitative estimate of drug-likeness (QED) is 0.485. The van der Waals surface area contributed by atoms with Crippen LogP contribution in [0, 0.1) is 5.82 Å². The molecule has 0 spiro atoms. The van der Waals surface area contributed by atoms with Crippen molar-refractivity contribution >= 4 is 22.8 Å². The van der Waals surface area contributed by atoms with Crippen molar-refractivity contribution in [2.45, 2.75) is 51.0 Å². The number of amides is 1. The van der Waals surface area contributed by atoms with E-state index in [9.17, 15) is 22.4 Å². The molecule has 2 aromatic heterocycles. The molecule has 11 heteroatoms. The van der Waals surface area contributed by atoms with E-state index in [1.807, 2.05) is 11.8 Å². The molecular formula is C25H27F4N5OS. The van der Waals surface area contributed by atoms with E-state index in [1.54, 1.807) is 6.20 Å². The van der Waals surface area contributed by atoms with Crippen LogP contribution in [-0.2, 0) is 11.2 Å². The second kappa shape index (κ2) is 11.4. The third-order valence-electron chi connectivity index (χ3n) is 6.12. The number of aryl methyl sites for hydroxylation is 1. The number of alkyl halides is 2. The van der Waals surface area contributed by atoms with E-state index in [0.29, 0.717) is 5.57 Å². The largest absolute Gasteiger partial charge is 0.350 e. The molecule has 1 saturated heterocycles. The summed E-state index contributed by atoms with van der Waals surface area (Å²) in [7, 11) is 0. The molecule has 1 atom stereocenters. The average Bonchev–Trinajstić information content (AvgIpc) is 3.21. The standard InChI is InChI=1S/C25H27F4N5OS/c1-2-4-22-30-15-21(36-22)20(34-9-7-25(28,29)8-10-34)14-33-24(35)18-11-16(5-3-6-19(18)27)23-31-12-17(26)13-32-23/h3,6,11-13,15,20H,2,4-5,7-10,14H2,1H3,(H,33,35). The molecule has 0 bridgehead atoms. The van der Waals surface area contributed by atoms with Crippen LogP contribution in [0.25, 0.3) is 5.57 Å². The van der Waals surface area contributed by atoms with Crippen LogP contribution in [-0.4, -0.2) is 51.3 Å². The van der Waals surface area contributed by atoms with E-state index in [2.05, 4.69) is 20.3 Å². The summed E-state index contributed by atoms with van der Waals surface area (Å²) in [6.45, 7) is 2.52. The smallest absolute Gasteiger partial charge is 0.254 e. The highest BCUT2D eigenvalue weighted by Gasteiger charge is 2.37. The van der Waals surface area contributed by atoms with Crippen molar-refractivity contribution in [1.29, 1.82) is 0 Å². The van der Waals surface area contributed by atoms with Gasteiger partial charge in [0.25, 0.3) is 11.8 Å². The number of hydrogen-bond acceptors (Lipinski definition) is 6. The van der Waals surface area contributed by atoms with Crippen molar-refractivity contribution in [3.8, 4) is 0 Å². The molecule has 1 unspecified atom stereocenters. The number of piperidine rings is 1. The van der Waals surface area contributed by atoms with Crippen molar-refractivity contribution < 1.29 is 22.4 Å². The lowest BCUT2D eigenvalue weighted by Crippen LogP contribution is -2.45. The first kappa shape index (κ1) is 26.2. The first-order valence-corrected chi connectivity index (χ1v) is 12.7. The molecular weight excluding hydrogens is 494 g/mol. The predicted molar refractivity (Wildman–Crippen MR) is 129 cm³/mol. The minimum Gasteiger partial charge on any atom is -0.350 e. The first-order valence-electron chi connectivity index (χ1n) is 11.8. The molecule has 1 aliphatic heterocycles. The van der Waals surface area contributed by atoms with Crippen LogP contribution in [0.2, 0.25) is 0 Å². The monoisotopic (exact) mass is 521 g/mol. The molecule has 0 radical (unpaired) electrons. The Labute approximate surface area is 210 Å². The topological polar surface area (TPSA) is 71.0 Å². The van der Waals surface area contributed by atoms with Crippen LogP contribution in [0.15, 0.2) is 48.2 Å². The SMILES string of the molecule is CCCc1ncc(C(CNC(=O)C2=C(F)C=CCC(c3ncc(F)cn3)=C2)N2CCC(F)(F)CC2)s1. The van der Waals surface area contributed by atoms with E-state index < -0.39 is 23.5 Å². The Balaban J connectivity index is 1.53. The number of allylic oxidation sites excluding steroid dienone is 4. The van der Waals surface area contributed by atoms with E-state index in [1.165, 1.54) is 29.6 Å². The minimum atomic E-state index is -2.70. The molecule has 1 amide bonds. The van der Waals surface area contributed by atoms with Gasteiger partial charge in [-0.3, -0.25) is 9.69 Å². The Morgan fingerprint density at radius 3 is 2.58 bits per heavy atom. The fourth-order valence-electron chi connectivity index (χ4n) is 4.15. The molecule has 2 aromatic rings. The summed E-state index contributed by atoms with van der Waals surface area (Å²) in [5, 5.41) is 3.73. The summed E-state index contributed by atoms with van der Waals surface area (Å²) in [6, 6.07) is -0.359. The van der Waals surface area contributed by atoms with Crippen LogP contribution in [0.1, 0.15) is 54.4 Å². The molecule has 0 aromatic carbocycles. The molecule has 192 valence electrons. The van der Waals surface area contributed by atoms with Crippen LogP contribution in [0.5, 0.6) is 0 Å². The molecule has 0 saturated carbocycles. The maximum absolute atomic E-state index is 14.8. The Morgan fingerprint density at radius 1 is 1.17 bits per heavy atom. The second-order valence-electron chi connectivity index (χ2n) is 8.79. The second-order valence-corrected chi connectivity index (χ2v) is 9.93. The van der Waals surface area contributed by atoms with Crippen LogP contribution in [0.4, 0.5) is 17.6 Å². The summed E-state index contributed by atoms with van der Waals surface area (Å²) in [5.41, 5.74) is 0.261. The zero-order valence-electron chi connectivity index (χ0n) is 19.8. The lowest BCUT2D eigenvalue weighted by Gasteiger charge is -2.37. The van der Waals surface area contributed by atoms with Gasteiger partial charge in [-0.1, -0.05) is 13.0 Å². The Morgan fingerprint density at radius 2 is 1.89 bits per heavy atom. The molecule has 3 heterocycles. The van der Waals surface area contributed by atoms with Gasteiger partial charge >= 0.3 is 0 Å². The van der Waals surface area contributed by atoms with Gasteiger partial charge in [0.05, 0.1) is 29.0 Å². The van der Waals surface area contributed by atoms with E-state index in [-0.39, 0.29) is 56.3 Å². The third-order valence-corrected chi connectivity index (χ3v) is 7.28. The molecule has 2 aliphatic rings. The predicted octanol–water partition coefficient (Wildman–Crippen LogP) is 5.18. The molecule has 4 rings (SSSR count). The van der Waals surface area contributed by atoms with Gasteiger partial charge in [0.2, 0.25) is 0 Å². The third kappa shape index (κ3) is 6.44. The fourth-order valence-corrected chi connectivity index (χ4v) is 5.31. The van der Waals surface area contributed by atoms with Gasteiger partial charge < -0.3 is 5.32 Å². The maximum atomic E-state index is 14.8. The van der Waals surface area contributed by atoms with Gasteiger partial charge in [-0.05, 0) is 31.4 Å². The number of carbonyl (C=O) groups is 1. The Bertz CT molecular complexity index is 1170. The number of halogens is 4. The van der Waals surface area contributed by atoms with Gasteiger partial charge in [-0.15, -0.1) is 11.3 Å². The summed E-state index contributed by atoms with van der Waals surface area (Å²) < 4.78 is 55.6. The van der Waals surface area contributed by atoms with Crippen molar-refractivity contribution in [3.63, 3.8) is 0 Å². The zero-order chi connectivity index (χ0) is 25.7. The minimum absolute atomic E-state index is 0.106. The number of thiazole rings is 1. The highest BCUT2D eigenvalue weighted by Crippen LogP contribution is 2.34.